The molecule has 2 fully saturated rings. The predicted molar refractivity (Wildman–Crippen MR) is 69.6 cm³/mol. The third-order valence-corrected chi connectivity index (χ3v) is 4.65. The maximum Gasteiger partial charge on any atom is 0.0197 e. The molecule has 0 bridgehead atoms. The minimum atomic E-state index is 0.402. The lowest BCUT2D eigenvalue weighted by molar-refractivity contribution is 0.123. The molecule has 2 heterocycles. The number of nitrogens with zero attached hydrogens (tertiary/aromatic N) is 1. The van der Waals surface area contributed by atoms with Crippen molar-refractivity contribution >= 4 is 0 Å². The number of likely N-dealkylation sites (tertiary alicyclic amines) is 1. The second-order valence-electron chi connectivity index (χ2n) is 7.44. The van der Waals surface area contributed by atoms with Crippen LogP contribution in [0.25, 0.3) is 0 Å². The Morgan fingerprint density at radius 1 is 1.25 bits per heavy atom. The Bertz CT molecular complexity index is 252. The van der Waals surface area contributed by atoms with Crippen molar-refractivity contribution < 1.29 is 0 Å². The highest BCUT2D eigenvalue weighted by atomic mass is 15.2. The van der Waals surface area contributed by atoms with Crippen LogP contribution in [0.4, 0.5) is 0 Å². The fourth-order valence-corrected chi connectivity index (χ4v) is 3.35. The van der Waals surface area contributed by atoms with E-state index < -0.39 is 0 Å². The largest absolute Gasteiger partial charge is 0.316 e. The lowest BCUT2D eigenvalue weighted by Gasteiger charge is -2.37. The summed E-state index contributed by atoms with van der Waals surface area (Å²) in [7, 11) is 0. The molecule has 2 atom stereocenters. The van der Waals surface area contributed by atoms with E-state index in [-0.39, 0.29) is 0 Å². The first-order valence-corrected chi connectivity index (χ1v) is 6.76. The smallest absolute Gasteiger partial charge is 0.0197 e. The van der Waals surface area contributed by atoms with E-state index in [1.54, 1.807) is 0 Å². The highest BCUT2D eigenvalue weighted by Gasteiger charge is 2.49. The van der Waals surface area contributed by atoms with Gasteiger partial charge in [0.2, 0.25) is 0 Å². The van der Waals surface area contributed by atoms with Gasteiger partial charge in [-0.1, -0.05) is 20.8 Å². The van der Waals surface area contributed by atoms with Crippen LogP contribution in [0.15, 0.2) is 0 Å². The van der Waals surface area contributed by atoms with Gasteiger partial charge in [-0.25, -0.2) is 0 Å². The molecular weight excluding hydrogens is 196 g/mol. The summed E-state index contributed by atoms with van der Waals surface area (Å²) in [5.74, 6) is 1.77. The van der Waals surface area contributed by atoms with Crippen molar-refractivity contribution in [3.8, 4) is 0 Å². The van der Waals surface area contributed by atoms with E-state index in [9.17, 15) is 0 Å². The molecule has 0 aliphatic carbocycles. The summed E-state index contributed by atoms with van der Waals surface area (Å²) < 4.78 is 0. The minimum Gasteiger partial charge on any atom is -0.316 e. The van der Waals surface area contributed by atoms with Crippen LogP contribution in [0.5, 0.6) is 0 Å². The van der Waals surface area contributed by atoms with Crippen molar-refractivity contribution in [1.29, 1.82) is 0 Å². The molecule has 0 radical (unpaired) electrons. The molecule has 2 aliphatic rings. The Kier molecular flexibility index (Phi) is 3.09. The average Bonchev–Trinajstić information content (AvgIpc) is 2.65. The van der Waals surface area contributed by atoms with Gasteiger partial charge in [0, 0.05) is 18.6 Å². The minimum absolute atomic E-state index is 0.402. The van der Waals surface area contributed by atoms with Crippen molar-refractivity contribution in [2.45, 2.75) is 46.6 Å². The lowest BCUT2D eigenvalue weighted by Crippen LogP contribution is -2.45. The summed E-state index contributed by atoms with van der Waals surface area (Å²) >= 11 is 0. The van der Waals surface area contributed by atoms with Gasteiger partial charge in [0.25, 0.3) is 0 Å². The standard InChI is InChI=1S/C14H28N2/c1-13(2,3)6-7-16-10-11-8-15-9-12(11)14(16,4)5/h11-12,15H,6-10H2,1-5H3. The molecule has 1 N–H and O–H groups in total. The van der Waals surface area contributed by atoms with E-state index in [1.807, 2.05) is 0 Å². The summed E-state index contributed by atoms with van der Waals surface area (Å²) in [6.45, 7) is 16.9. The summed E-state index contributed by atoms with van der Waals surface area (Å²) in [6, 6.07) is 0. The third-order valence-electron chi connectivity index (χ3n) is 4.65. The molecule has 0 aromatic heterocycles. The number of hydrogen-bond donors (Lipinski definition) is 1. The molecular formula is C14H28N2. The van der Waals surface area contributed by atoms with Crippen LogP contribution in [0, 0.1) is 17.3 Å². The first kappa shape index (κ1) is 12.4. The zero-order valence-corrected chi connectivity index (χ0v) is 11.6. The van der Waals surface area contributed by atoms with E-state index in [0.29, 0.717) is 11.0 Å². The Labute approximate surface area is 101 Å². The molecule has 0 aromatic carbocycles. The van der Waals surface area contributed by atoms with Crippen LogP contribution in [-0.2, 0) is 0 Å². The Morgan fingerprint density at radius 2 is 1.94 bits per heavy atom. The third kappa shape index (κ3) is 2.28. The van der Waals surface area contributed by atoms with Crippen molar-refractivity contribution in [3.05, 3.63) is 0 Å². The van der Waals surface area contributed by atoms with Gasteiger partial charge in [0.15, 0.2) is 0 Å². The van der Waals surface area contributed by atoms with Crippen LogP contribution in [0.3, 0.4) is 0 Å². The quantitative estimate of drug-likeness (QED) is 0.774. The van der Waals surface area contributed by atoms with Crippen LogP contribution >= 0.6 is 0 Å². The van der Waals surface area contributed by atoms with E-state index in [2.05, 4.69) is 44.8 Å². The van der Waals surface area contributed by atoms with E-state index in [1.165, 1.54) is 32.6 Å². The van der Waals surface area contributed by atoms with Gasteiger partial charge in [-0.3, -0.25) is 4.90 Å². The molecule has 0 amide bonds. The van der Waals surface area contributed by atoms with Gasteiger partial charge in [-0.15, -0.1) is 0 Å². The number of fused-ring (bicyclic) bond motifs is 1. The maximum atomic E-state index is 3.55. The molecule has 2 heteroatoms. The van der Waals surface area contributed by atoms with E-state index in [0.717, 1.165) is 11.8 Å². The van der Waals surface area contributed by atoms with Crippen LogP contribution in [0.2, 0.25) is 0 Å². The zero-order valence-electron chi connectivity index (χ0n) is 11.6. The normalized spacial score (nSPS) is 34.3. The van der Waals surface area contributed by atoms with Crippen LogP contribution in [-0.4, -0.2) is 36.6 Å². The maximum absolute atomic E-state index is 3.55. The van der Waals surface area contributed by atoms with Gasteiger partial charge < -0.3 is 5.32 Å². The SMILES string of the molecule is CC(C)(C)CCN1CC2CNCC2C1(C)C. The highest BCUT2D eigenvalue weighted by molar-refractivity contribution is 5.04. The first-order chi connectivity index (χ1) is 7.31. The monoisotopic (exact) mass is 224 g/mol. The fourth-order valence-electron chi connectivity index (χ4n) is 3.35. The summed E-state index contributed by atoms with van der Waals surface area (Å²) in [6.07, 6.45) is 1.31. The Hall–Kier alpha value is -0.0800. The molecule has 0 spiro atoms. The molecule has 2 saturated heterocycles. The number of hydrogen-bond acceptors (Lipinski definition) is 2. The number of rotatable bonds is 2. The molecule has 2 unspecified atom stereocenters. The summed E-state index contributed by atoms with van der Waals surface area (Å²) in [5.41, 5.74) is 0.867. The molecule has 2 rings (SSSR count). The van der Waals surface area contributed by atoms with Crippen molar-refractivity contribution in [1.82, 2.24) is 10.2 Å². The van der Waals surface area contributed by atoms with Gasteiger partial charge in [-0.05, 0) is 50.6 Å². The molecule has 0 saturated carbocycles. The van der Waals surface area contributed by atoms with Gasteiger partial charge in [-0.2, -0.15) is 0 Å². The molecule has 0 aromatic rings. The van der Waals surface area contributed by atoms with Gasteiger partial charge >= 0.3 is 0 Å². The molecule has 94 valence electrons. The molecule has 2 nitrogen and oxygen atoms in total. The zero-order chi connectivity index (χ0) is 12.0. The lowest BCUT2D eigenvalue weighted by atomic mass is 9.84. The Balaban J connectivity index is 1.96. The van der Waals surface area contributed by atoms with E-state index in [4.69, 9.17) is 0 Å². The van der Waals surface area contributed by atoms with Crippen molar-refractivity contribution in [2.75, 3.05) is 26.2 Å². The van der Waals surface area contributed by atoms with Gasteiger partial charge in [0.1, 0.15) is 0 Å². The van der Waals surface area contributed by atoms with Crippen LogP contribution < -0.4 is 5.32 Å². The van der Waals surface area contributed by atoms with Crippen molar-refractivity contribution in [2.24, 2.45) is 17.3 Å². The van der Waals surface area contributed by atoms with Gasteiger partial charge in [0.05, 0.1) is 0 Å². The first-order valence-electron chi connectivity index (χ1n) is 6.76. The highest BCUT2D eigenvalue weighted by Crippen LogP contribution is 2.41. The van der Waals surface area contributed by atoms with Crippen molar-refractivity contribution in [3.63, 3.8) is 0 Å². The Morgan fingerprint density at radius 3 is 2.50 bits per heavy atom. The number of nitrogens with one attached hydrogen (secondary N) is 1. The second kappa shape index (κ2) is 3.99. The molecule has 2 aliphatic heterocycles. The molecule has 16 heavy (non-hydrogen) atoms. The second-order valence-corrected chi connectivity index (χ2v) is 7.44. The van der Waals surface area contributed by atoms with Crippen LogP contribution in [0.1, 0.15) is 41.0 Å². The topological polar surface area (TPSA) is 15.3 Å². The average molecular weight is 224 g/mol. The predicted octanol–water partition coefficient (Wildman–Crippen LogP) is 2.35. The summed E-state index contributed by atoms with van der Waals surface area (Å²) in [4.78, 5) is 2.73. The summed E-state index contributed by atoms with van der Waals surface area (Å²) in [5, 5.41) is 3.55. The van der Waals surface area contributed by atoms with E-state index >= 15 is 0 Å². The fraction of sp³-hybridized carbons (Fsp3) is 1.00.